The molecule has 1 atom stereocenters. The zero-order valence-electron chi connectivity index (χ0n) is 10.1. The first-order valence-corrected chi connectivity index (χ1v) is 5.13. The molecule has 2 N–H and O–H groups in total. The second-order valence-electron chi connectivity index (χ2n) is 4.36. The Balaban J connectivity index is 2.76. The summed E-state index contributed by atoms with van der Waals surface area (Å²) >= 11 is 0. The molecule has 6 nitrogen and oxygen atoms in total. The van der Waals surface area contributed by atoms with Gasteiger partial charge in [0.05, 0.1) is 13.7 Å². The number of nitrogens with zero attached hydrogens (tertiary/aromatic N) is 3. The van der Waals surface area contributed by atoms with Crippen LogP contribution in [0.2, 0.25) is 0 Å². The minimum atomic E-state index is -1.09. The second-order valence-corrected chi connectivity index (χ2v) is 4.36. The van der Waals surface area contributed by atoms with E-state index in [-0.39, 0.29) is 12.5 Å². The van der Waals surface area contributed by atoms with Crippen LogP contribution in [-0.2, 0) is 16.1 Å². The lowest BCUT2D eigenvalue weighted by molar-refractivity contribution is -0.147. The monoisotopic (exact) mass is 226 g/mol. The molecule has 16 heavy (non-hydrogen) atoms. The molecule has 0 aromatic carbocycles. The highest BCUT2D eigenvalue weighted by atomic mass is 16.5. The van der Waals surface area contributed by atoms with Gasteiger partial charge in [-0.1, -0.05) is 13.8 Å². The molecular formula is C10H18N4O2. The van der Waals surface area contributed by atoms with Crippen molar-refractivity contribution in [3.63, 3.8) is 0 Å². The molecule has 0 fully saturated rings. The Kier molecular flexibility index (Phi) is 3.64. The molecule has 0 aliphatic carbocycles. The van der Waals surface area contributed by atoms with Crippen LogP contribution in [0.3, 0.4) is 0 Å². The van der Waals surface area contributed by atoms with Crippen molar-refractivity contribution in [2.75, 3.05) is 7.11 Å². The van der Waals surface area contributed by atoms with Gasteiger partial charge in [0.2, 0.25) is 0 Å². The predicted octanol–water partition coefficient (Wildman–Crippen LogP) is 0.292. The number of carbonyl (C=O) groups is 1. The molecule has 1 rings (SSSR count). The molecule has 1 heterocycles. The minimum absolute atomic E-state index is 0.249. The Hall–Kier alpha value is -1.43. The molecule has 6 heteroatoms. The zero-order chi connectivity index (χ0) is 12.3. The van der Waals surface area contributed by atoms with Crippen LogP contribution in [0.4, 0.5) is 0 Å². The van der Waals surface area contributed by atoms with Gasteiger partial charge in [-0.2, -0.15) is 5.10 Å². The van der Waals surface area contributed by atoms with Gasteiger partial charge in [0.1, 0.15) is 11.9 Å². The maximum Gasteiger partial charge on any atom is 0.327 e. The molecule has 1 unspecified atom stereocenters. The number of methoxy groups -OCH3 is 1. The van der Waals surface area contributed by atoms with Crippen LogP contribution in [0, 0.1) is 0 Å². The molecule has 0 radical (unpaired) electrons. The topological polar surface area (TPSA) is 83.0 Å². The Morgan fingerprint density at radius 3 is 2.75 bits per heavy atom. The SMILES string of the molecule is COC(=O)C(C)(N)Cn1cnc(C(C)C)n1. The summed E-state index contributed by atoms with van der Waals surface area (Å²) < 4.78 is 6.18. The van der Waals surface area contributed by atoms with Gasteiger partial charge < -0.3 is 10.5 Å². The van der Waals surface area contributed by atoms with E-state index in [2.05, 4.69) is 14.8 Å². The zero-order valence-corrected chi connectivity index (χ0v) is 10.1. The van der Waals surface area contributed by atoms with Gasteiger partial charge in [-0.25, -0.2) is 4.98 Å². The first-order chi connectivity index (χ1) is 7.36. The van der Waals surface area contributed by atoms with E-state index in [4.69, 9.17) is 5.73 Å². The lowest BCUT2D eigenvalue weighted by Crippen LogP contribution is -2.49. The third kappa shape index (κ3) is 2.79. The first kappa shape index (κ1) is 12.6. The van der Waals surface area contributed by atoms with Crippen molar-refractivity contribution in [3.05, 3.63) is 12.2 Å². The summed E-state index contributed by atoms with van der Waals surface area (Å²) in [5.41, 5.74) is 4.74. The van der Waals surface area contributed by atoms with Crippen LogP contribution >= 0.6 is 0 Å². The van der Waals surface area contributed by atoms with Crippen LogP contribution in [-0.4, -0.2) is 33.4 Å². The molecule has 0 aliphatic heterocycles. The second kappa shape index (κ2) is 4.61. The number of hydrogen-bond acceptors (Lipinski definition) is 5. The highest BCUT2D eigenvalue weighted by Crippen LogP contribution is 2.09. The van der Waals surface area contributed by atoms with E-state index in [0.29, 0.717) is 0 Å². The number of nitrogens with two attached hydrogens (primary N) is 1. The molecule has 90 valence electrons. The van der Waals surface area contributed by atoms with Gasteiger partial charge in [-0.3, -0.25) is 9.48 Å². The fraction of sp³-hybridized carbons (Fsp3) is 0.700. The van der Waals surface area contributed by atoms with Crippen molar-refractivity contribution < 1.29 is 9.53 Å². The Bertz CT molecular complexity index is 371. The third-order valence-corrected chi connectivity index (χ3v) is 2.21. The highest BCUT2D eigenvalue weighted by Gasteiger charge is 2.30. The van der Waals surface area contributed by atoms with Gasteiger partial charge >= 0.3 is 5.97 Å². The summed E-state index contributed by atoms with van der Waals surface area (Å²) in [6, 6.07) is 0. The summed E-state index contributed by atoms with van der Waals surface area (Å²) in [4.78, 5) is 15.5. The molecular weight excluding hydrogens is 208 g/mol. The average molecular weight is 226 g/mol. The molecule has 0 saturated heterocycles. The average Bonchev–Trinajstić information content (AvgIpc) is 2.64. The number of rotatable bonds is 4. The summed E-state index contributed by atoms with van der Waals surface area (Å²) in [7, 11) is 1.31. The largest absolute Gasteiger partial charge is 0.468 e. The molecule has 0 aliphatic rings. The van der Waals surface area contributed by atoms with Crippen LogP contribution < -0.4 is 5.73 Å². The van der Waals surface area contributed by atoms with Crippen molar-refractivity contribution in [2.24, 2.45) is 5.73 Å². The quantitative estimate of drug-likeness (QED) is 0.746. The van der Waals surface area contributed by atoms with Crippen molar-refractivity contribution in [3.8, 4) is 0 Å². The Morgan fingerprint density at radius 2 is 2.31 bits per heavy atom. The van der Waals surface area contributed by atoms with Crippen LogP contribution in [0.15, 0.2) is 6.33 Å². The highest BCUT2D eigenvalue weighted by molar-refractivity contribution is 5.79. The summed E-state index contributed by atoms with van der Waals surface area (Å²) in [6.07, 6.45) is 1.57. The fourth-order valence-electron chi connectivity index (χ4n) is 1.28. The summed E-state index contributed by atoms with van der Waals surface area (Å²) in [5, 5.41) is 4.23. The molecule has 0 saturated carbocycles. The number of carbonyl (C=O) groups excluding carboxylic acids is 1. The molecule has 0 bridgehead atoms. The molecule has 0 amide bonds. The smallest absolute Gasteiger partial charge is 0.327 e. The molecule has 1 aromatic rings. The van der Waals surface area contributed by atoms with Crippen molar-refractivity contribution in [1.29, 1.82) is 0 Å². The third-order valence-electron chi connectivity index (χ3n) is 2.21. The first-order valence-electron chi connectivity index (χ1n) is 5.13. The minimum Gasteiger partial charge on any atom is -0.468 e. The lowest BCUT2D eigenvalue weighted by atomic mass is 10.1. The van der Waals surface area contributed by atoms with E-state index in [1.807, 2.05) is 13.8 Å². The number of aromatic nitrogens is 3. The fourth-order valence-corrected chi connectivity index (χ4v) is 1.28. The van der Waals surface area contributed by atoms with Crippen molar-refractivity contribution >= 4 is 5.97 Å². The Labute approximate surface area is 94.8 Å². The summed E-state index contributed by atoms with van der Waals surface area (Å²) in [5.74, 6) is 0.526. The predicted molar refractivity (Wildman–Crippen MR) is 58.7 cm³/mol. The van der Waals surface area contributed by atoms with Gasteiger partial charge in [0.15, 0.2) is 5.82 Å². The van der Waals surface area contributed by atoms with Gasteiger partial charge in [0, 0.05) is 5.92 Å². The van der Waals surface area contributed by atoms with Crippen molar-refractivity contribution in [2.45, 2.75) is 38.8 Å². The normalized spacial score (nSPS) is 14.9. The Morgan fingerprint density at radius 1 is 1.69 bits per heavy atom. The maximum atomic E-state index is 11.4. The summed E-state index contributed by atoms with van der Waals surface area (Å²) in [6.45, 7) is 5.86. The number of esters is 1. The van der Waals surface area contributed by atoms with Gasteiger partial charge in [-0.05, 0) is 6.92 Å². The lowest BCUT2D eigenvalue weighted by Gasteiger charge is -2.20. The number of hydrogen-bond donors (Lipinski definition) is 1. The van der Waals surface area contributed by atoms with E-state index in [0.717, 1.165) is 5.82 Å². The van der Waals surface area contributed by atoms with Crippen LogP contribution in [0.1, 0.15) is 32.5 Å². The maximum absolute atomic E-state index is 11.4. The molecule has 0 spiro atoms. The standard InChI is InChI=1S/C10H18N4O2/c1-7(2)8-12-6-14(13-8)5-10(3,11)9(15)16-4/h6-7H,5,11H2,1-4H3. The van der Waals surface area contributed by atoms with E-state index < -0.39 is 11.5 Å². The van der Waals surface area contributed by atoms with E-state index in [1.54, 1.807) is 17.9 Å². The van der Waals surface area contributed by atoms with Crippen LogP contribution in [0.25, 0.3) is 0 Å². The van der Waals surface area contributed by atoms with E-state index in [1.165, 1.54) is 7.11 Å². The molecule has 1 aromatic heterocycles. The van der Waals surface area contributed by atoms with Gasteiger partial charge in [0.25, 0.3) is 0 Å². The van der Waals surface area contributed by atoms with Crippen LogP contribution in [0.5, 0.6) is 0 Å². The van der Waals surface area contributed by atoms with Gasteiger partial charge in [-0.15, -0.1) is 0 Å². The number of ether oxygens (including phenoxy) is 1. The van der Waals surface area contributed by atoms with E-state index in [9.17, 15) is 4.79 Å². The van der Waals surface area contributed by atoms with Crippen molar-refractivity contribution in [1.82, 2.24) is 14.8 Å². The van der Waals surface area contributed by atoms with E-state index >= 15 is 0 Å².